The number of aromatic nitrogens is 1. The number of halogens is 1. The molecule has 0 aliphatic carbocycles. The molecule has 0 aliphatic heterocycles. The number of nitrogens with zero attached hydrogens (tertiary/aromatic N) is 1. The van der Waals surface area contributed by atoms with Gasteiger partial charge in [0.1, 0.15) is 23.1 Å². The van der Waals surface area contributed by atoms with Gasteiger partial charge < -0.3 is 10.1 Å². The molecule has 1 aromatic heterocycles. The van der Waals surface area contributed by atoms with Gasteiger partial charge in [-0.3, -0.25) is 4.79 Å². The van der Waals surface area contributed by atoms with E-state index in [2.05, 4.69) is 24.1 Å². The Morgan fingerprint density at radius 3 is 2.91 bits per heavy atom. The van der Waals surface area contributed by atoms with Crippen LogP contribution in [0.25, 0.3) is 0 Å². The van der Waals surface area contributed by atoms with E-state index in [0.29, 0.717) is 23.1 Å². The van der Waals surface area contributed by atoms with Crippen LogP contribution in [0.15, 0.2) is 24.3 Å². The van der Waals surface area contributed by atoms with Crippen LogP contribution >= 0.6 is 11.3 Å². The smallest absolute Gasteiger partial charge is 0.263 e. The number of benzene rings is 1. The average Bonchev–Trinajstić information content (AvgIpc) is 2.83. The van der Waals surface area contributed by atoms with Crippen LogP contribution in [0.2, 0.25) is 0 Å². The molecule has 0 radical (unpaired) electrons. The summed E-state index contributed by atoms with van der Waals surface area (Å²) in [5, 5.41) is 3.79. The summed E-state index contributed by atoms with van der Waals surface area (Å²) in [6.45, 7) is 6.73. The standard InChI is InChI=1S/C17H21FN2O2S/c1-11(2)9-15-20-12(3)16(23-15)17(21)19-7-8-22-14-6-4-5-13(18)10-14/h4-6,10-11H,7-9H2,1-3H3,(H,19,21). The average molecular weight is 336 g/mol. The lowest BCUT2D eigenvalue weighted by atomic mass is 10.1. The summed E-state index contributed by atoms with van der Waals surface area (Å²) in [6.07, 6.45) is 0.876. The number of aryl methyl sites for hydroxylation is 1. The normalized spacial score (nSPS) is 10.8. The highest BCUT2D eigenvalue weighted by molar-refractivity contribution is 7.13. The minimum Gasteiger partial charge on any atom is -0.492 e. The Balaban J connectivity index is 1.82. The van der Waals surface area contributed by atoms with Gasteiger partial charge in [-0.2, -0.15) is 0 Å². The lowest BCUT2D eigenvalue weighted by molar-refractivity contribution is 0.0950. The van der Waals surface area contributed by atoms with Crippen LogP contribution in [0, 0.1) is 18.7 Å². The molecule has 6 heteroatoms. The summed E-state index contributed by atoms with van der Waals surface area (Å²) >= 11 is 1.44. The molecule has 2 rings (SSSR count). The van der Waals surface area contributed by atoms with E-state index in [0.717, 1.165) is 17.1 Å². The summed E-state index contributed by atoms with van der Waals surface area (Å²) in [5.74, 6) is 0.478. The van der Waals surface area contributed by atoms with Crippen molar-refractivity contribution in [2.75, 3.05) is 13.2 Å². The molecular weight excluding hydrogens is 315 g/mol. The fourth-order valence-electron chi connectivity index (χ4n) is 2.07. The summed E-state index contributed by atoms with van der Waals surface area (Å²) < 4.78 is 18.4. The van der Waals surface area contributed by atoms with E-state index in [4.69, 9.17) is 4.74 Å². The van der Waals surface area contributed by atoms with Gasteiger partial charge in [-0.15, -0.1) is 11.3 Å². The van der Waals surface area contributed by atoms with Crippen molar-refractivity contribution in [3.05, 3.63) is 45.7 Å². The van der Waals surface area contributed by atoms with Crippen molar-refractivity contribution in [3.8, 4) is 5.75 Å². The van der Waals surface area contributed by atoms with Crippen LogP contribution in [0.5, 0.6) is 5.75 Å². The lowest BCUT2D eigenvalue weighted by Gasteiger charge is -2.07. The Morgan fingerprint density at radius 1 is 1.43 bits per heavy atom. The number of nitrogens with one attached hydrogen (secondary N) is 1. The molecule has 0 unspecified atom stereocenters. The molecule has 0 fully saturated rings. The van der Waals surface area contributed by atoms with Crippen molar-refractivity contribution in [1.82, 2.24) is 10.3 Å². The molecule has 2 aromatic rings. The van der Waals surface area contributed by atoms with E-state index >= 15 is 0 Å². The van der Waals surface area contributed by atoms with Crippen LogP contribution < -0.4 is 10.1 Å². The summed E-state index contributed by atoms with van der Waals surface area (Å²) in [5.41, 5.74) is 0.759. The van der Waals surface area contributed by atoms with Gasteiger partial charge in [-0.25, -0.2) is 9.37 Å². The number of carbonyl (C=O) groups is 1. The fourth-order valence-corrected chi connectivity index (χ4v) is 3.26. The SMILES string of the molecule is Cc1nc(CC(C)C)sc1C(=O)NCCOc1cccc(F)c1. The summed E-state index contributed by atoms with van der Waals surface area (Å²) in [4.78, 5) is 17.3. The quantitative estimate of drug-likeness (QED) is 0.786. The largest absolute Gasteiger partial charge is 0.492 e. The molecule has 0 saturated heterocycles. The highest BCUT2D eigenvalue weighted by Gasteiger charge is 2.15. The molecular formula is C17H21FN2O2S. The molecule has 0 aliphatic rings. The molecule has 1 amide bonds. The number of ether oxygens (including phenoxy) is 1. The topological polar surface area (TPSA) is 51.2 Å². The fraction of sp³-hybridized carbons (Fsp3) is 0.412. The van der Waals surface area contributed by atoms with Crippen molar-refractivity contribution in [3.63, 3.8) is 0 Å². The Kier molecular flexibility index (Phi) is 6.10. The molecule has 1 aromatic carbocycles. The maximum Gasteiger partial charge on any atom is 0.263 e. The molecule has 0 spiro atoms. The van der Waals surface area contributed by atoms with Crippen LogP contribution in [0.4, 0.5) is 4.39 Å². The zero-order valence-corrected chi connectivity index (χ0v) is 14.4. The van der Waals surface area contributed by atoms with E-state index in [9.17, 15) is 9.18 Å². The Bertz CT molecular complexity index is 670. The van der Waals surface area contributed by atoms with Gasteiger partial charge in [0, 0.05) is 12.5 Å². The third kappa shape index (κ3) is 5.32. The van der Waals surface area contributed by atoms with E-state index in [1.54, 1.807) is 12.1 Å². The van der Waals surface area contributed by atoms with Gasteiger partial charge in [0.05, 0.1) is 17.2 Å². The molecule has 23 heavy (non-hydrogen) atoms. The second kappa shape index (κ2) is 8.06. The third-order valence-electron chi connectivity index (χ3n) is 3.08. The van der Waals surface area contributed by atoms with Gasteiger partial charge >= 0.3 is 0 Å². The van der Waals surface area contributed by atoms with Gasteiger partial charge in [-0.1, -0.05) is 19.9 Å². The molecule has 1 N–H and O–H groups in total. The second-order valence-corrected chi connectivity index (χ2v) is 6.77. The maximum atomic E-state index is 13.0. The highest BCUT2D eigenvalue weighted by Crippen LogP contribution is 2.20. The number of thiazole rings is 1. The van der Waals surface area contributed by atoms with Crippen LogP contribution in [0.3, 0.4) is 0 Å². The molecule has 0 atom stereocenters. The number of carbonyl (C=O) groups excluding carboxylic acids is 1. The lowest BCUT2D eigenvalue weighted by Crippen LogP contribution is -2.27. The van der Waals surface area contributed by atoms with Gasteiger partial charge in [0.25, 0.3) is 5.91 Å². The predicted octanol–water partition coefficient (Wildman–Crippen LogP) is 3.60. The van der Waals surface area contributed by atoms with E-state index in [1.807, 2.05) is 6.92 Å². The summed E-state index contributed by atoms with van der Waals surface area (Å²) in [6, 6.07) is 5.93. The van der Waals surface area contributed by atoms with Crippen molar-refractivity contribution >= 4 is 17.2 Å². The minimum atomic E-state index is -0.343. The third-order valence-corrected chi connectivity index (χ3v) is 4.26. The number of amides is 1. The maximum absolute atomic E-state index is 13.0. The van der Waals surface area contributed by atoms with E-state index < -0.39 is 0 Å². The van der Waals surface area contributed by atoms with Crippen molar-refractivity contribution in [2.24, 2.45) is 5.92 Å². The van der Waals surface area contributed by atoms with Crippen molar-refractivity contribution in [2.45, 2.75) is 27.2 Å². The van der Waals surface area contributed by atoms with Crippen LogP contribution in [-0.4, -0.2) is 24.0 Å². The first-order valence-electron chi connectivity index (χ1n) is 7.58. The minimum absolute atomic E-state index is 0.141. The molecule has 0 bridgehead atoms. The number of hydrogen-bond acceptors (Lipinski definition) is 4. The Morgan fingerprint density at radius 2 is 2.22 bits per heavy atom. The molecule has 1 heterocycles. The molecule has 124 valence electrons. The Labute approximate surface area is 139 Å². The first-order chi connectivity index (χ1) is 11.0. The molecule has 4 nitrogen and oxygen atoms in total. The number of hydrogen-bond donors (Lipinski definition) is 1. The highest BCUT2D eigenvalue weighted by atomic mass is 32.1. The molecule has 0 saturated carbocycles. The van der Waals surface area contributed by atoms with Crippen LogP contribution in [-0.2, 0) is 6.42 Å². The van der Waals surface area contributed by atoms with Crippen LogP contribution in [0.1, 0.15) is 34.2 Å². The first-order valence-corrected chi connectivity index (χ1v) is 8.40. The zero-order valence-electron chi connectivity index (χ0n) is 13.6. The number of rotatable bonds is 7. The predicted molar refractivity (Wildman–Crippen MR) is 89.6 cm³/mol. The van der Waals surface area contributed by atoms with Crippen molar-refractivity contribution in [1.29, 1.82) is 0 Å². The summed E-state index contributed by atoms with van der Waals surface area (Å²) in [7, 11) is 0. The Hall–Kier alpha value is -1.95. The van der Waals surface area contributed by atoms with Crippen molar-refractivity contribution < 1.29 is 13.9 Å². The van der Waals surface area contributed by atoms with E-state index in [1.165, 1.54) is 23.5 Å². The van der Waals surface area contributed by atoms with E-state index in [-0.39, 0.29) is 18.3 Å². The monoisotopic (exact) mass is 336 g/mol. The van der Waals surface area contributed by atoms with Gasteiger partial charge in [0.15, 0.2) is 0 Å². The first kappa shape index (κ1) is 17.4. The second-order valence-electron chi connectivity index (χ2n) is 5.68. The zero-order chi connectivity index (χ0) is 16.8. The van der Waals surface area contributed by atoms with Gasteiger partial charge in [0.2, 0.25) is 0 Å². The van der Waals surface area contributed by atoms with Gasteiger partial charge in [-0.05, 0) is 25.0 Å².